The van der Waals surface area contributed by atoms with Crippen LogP contribution >= 0.6 is 0 Å². The highest BCUT2D eigenvalue weighted by Crippen LogP contribution is 2.38. The van der Waals surface area contributed by atoms with Crippen molar-refractivity contribution in [3.8, 4) is 77.9 Å². The van der Waals surface area contributed by atoms with Crippen LogP contribution in [0, 0.1) is 125 Å². The van der Waals surface area contributed by atoms with Crippen LogP contribution in [0.4, 0.5) is 0 Å². The van der Waals surface area contributed by atoms with Crippen molar-refractivity contribution in [2.45, 2.75) is 125 Å². The van der Waals surface area contributed by atoms with Gasteiger partial charge in [-0.05, 0) is 274 Å². The van der Waals surface area contributed by atoms with Crippen LogP contribution in [-0.4, -0.2) is 0 Å². The van der Waals surface area contributed by atoms with E-state index in [0.29, 0.717) is 0 Å². The Kier molecular flexibility index (Phi) is 33.9. The zero-order chi connectivity index (χ0) is 94.6. The Morgan fingerprint density at radius 1 is 0.0821 bits per heavy atom. The fourth-order valence-electron chi connectivity index (χ4n) is 16.7. The van der Waals surface area contributed by atoms with Crippen molar-refractivity contribution in [1.82, 2.24) is 0 Å². The monoisotopic (exact) mass is 1740 g/mol. The van der Waals surface area contributed by atoms with Crippen molar-refractivity contribution in [2.75, 3.05) is 0 Å². The molecule has 0 saturated heterocycles. The maximum atomic E-state index is 2.31. The lowest BCUT2D eigenvalue weighted by Crippen LogP contribution is -1.85. The van der Waals surface area contributed by atoms with Crippen molar-refractivity contribution in [3.05, 3.63) is 549 Å². The molecule has 0 amide bonds. The Balaban J connectivity index is 0.000000130. The molecule has 0 unspecified atom stereocenters. The first-order valence-corrected chi connectivity index (χ1v) is 47.0. The van der Waals surface area contributed by atoms with E-state index < -0.39 is 0 Å². The molecule has 0 aliphatic heterocycles. The SMILES string of the molecule is Cc1ccc(-c2ccc(-c3ccc(C)cc3)cc2)cc1.Cc1ccc(-c2ccc(C)cc2)cc1.Cc1ccc(-c2cccc(C)c2)cc1.Cc1ccc(C)cc1.Cc1ccc2c3ccccc3c3ccc(C)cc3c2c1.Cc1cccc(-c2cccc(-c3cccc(C)c3)c2)c1.Cc1cccc(-c2cccc(C)c2)c1.Cc1cccc(C)c1.Cc1cccc2c1ccc1c(C)cccc12. The first-order valence-electron chi connectivity index (χ1n) is 47.0. The van der Waals surface area contributed by atoms with Crippen LogP contribution in [0.1, 0.15) is 100 Å². The van der Waals surface area contributed by atoms with E-state index in [1.807, 2.05) is 0 Å². The summed E-state index contributed by atoms with van der Waals surface area (Å²) in [5.41, 5.74) is 41.6. The first-order chi connectivity index (χ1) is 64.8. The Morgan fingerprint density at radius 2 is 0.239 bits per heavy atom. The van der Waals surface area contributed by atoms with E-state index in [2.05, 4.69) is 574 Å². The molecule has 0 spiro atoms. The summed E-state index contributed by atoms with van der Waals surface area (Å²) < 4.78 is 0. The third kappa shape index (κ3) is 27.5. The van der Waals surface area contributed by atoms with Gasteiger partial charge in [0.05, 0.1) is 0 Å². The van der Waals surface area contributed by atoms with Crippen LogP contribution in [0.5, 0.6) is 0 Å². The third-order valence-electron chi connectivity index (χ3n) is 24.3. The molecule has 0 nitrogen and oxygen atoms in total. The minimum Gasteiger partial charge on any atom is -0.0617 e. The van der Waals surface area contributed by atoms with Gasteiger partial charge in [0.1, 0.15) is 0 Å². The maximum absolute atomic E-state index is 2.31. The zero-order valence-corrected chi connectivity index (χ0v) is 81.7. The standard InChI is InChI=1S/C20H16.2C20H18.C16H14.3C14H14.2C8H10/c1-13-7-9-17-15-5-3-4-6-16(15)18-10-8-14(2)12-20(18)19(17)11-13;1-15-3-7-17(8-4-15)19-11-13-20(14-12-19)18-9-5-16(2)6-10-18;1-15-6-3-8-17(12-15)19-10-5-11-20(14-19)18-9-4-7-16(2)13-18;1-11-5-3-7-15-13(11)9-10-14-12(2)6-4-8-16(14)15;1-11-3-7-13(8-4-11)14-9-5-12(2)6-10-14;1-11-5-3-7-13(9-11)14-8-4-6-12(2)10-14;1-11-6-8-13(9-7-11)14-5-3-4-12(2)10-14;1-7-3-5-8(2)6-4-7;1-7-4-3-5-8(2)6-7/h3-12H,1-2H3;2*3-14H,1-2H3;3-10H,1-2H3;3*3-10H,1-2H3;2*3-6H,1-2H3. The minimum absolute atomic E-state index is 1.26. The largest absolute Gasteiger partial charge is 0.0617 e. The number of aryl methyl sites for hydroxylation is 18. The summed E-state index contributed by atoms with van der Waals surface area (Å²) >= 11 is 0. The van der Waals surface area contributed by atoms with Gasteiger partial charge in [0, 0.05) is 0 Å². The topological polar surface area (TPSA) is 0 Å². The smallest absolute Gasteiger partial charge is 0.00962 e. The first kappa shape index (κ1) is 96.5. The second-order valence-corrected chi connectivity index (χ2v) is 36.2. The average molecular weight is 1740 g/mol. The maximum Gasteiger partial charge on any atom is -0.00962 e. The summed E-state index contributed by atoms with van der Waals surface area (Å²) in [5, 5.41) is 13.6. The molecule has 0 aliphatic rings. The number of rotatable bonds is 7. The molecule has 21 aromatic carbocycles. The summed E-state index contributed by atoms with van der Waals surface area (Å²) in [6.07, 6.45) is 0. The van der Waals surface area contributed by atoms with Gasteiger partial charge in [-0.25, -0.2) is 0 Å². The van der Waals surface area contributed by atoms with Crippen LogP contribution < -0.4 is 0 Å². The summed E-state index contributed by atoms with van der Waals surface area (Å²) in [4.78, 5) is 0. The molecule has 664 valence electrons. The van der Waals surface area contributed by atoms with Gasteiger partial charge in [-0.1, -0.05) is 532 Å². The van der Waals surface area contributed by atoms with Crippen LogP contribution in [0.2, 0.25) is 0 Å². The van der Waals surface area contributed by atoms with Gasteiger partial charge in [-0.15, -0.1) is 0 Å². The van der Waals surface area contributed by atoms with E-state index in [-0.39, 0.29) is 0 Å². The summed E-state index contributed by atoms with van der Waals surface area (Å²) in [6.45, 7) is 38.3. The van der Waals surface area contributed by atoms with Gasteiger partial charge in [0.2, 0.25) is 0 Å². The minimum atomic E-state index is 1.26. The van der Waals surface area contributed by atoms with Crippen LogP contribution in [-0.2, 0) is 0 Å². The molecule has 0 heterocycles. The van der Waals surface area contributed by atoms with E-state index >= 15 is 0 Å². The van der Waals surface area contributed by atoms with Crippen molar-refractivity contribution >= 4 is 53.9 Å². The normalized spacial score (nSPS) is 10.5. The quantitative estimate of drug-likeness (QED) is 0.140. The molecule has 0 saturated carbocycles. The molecular weight excluding hydrogens is 1610 g/mol. The highest BCUT2D eigenvalue weighted by atomic mass is 14.2. The number of fused-ring (bicyclic) bond motifs is 9. The lowest BCUT2D eigenvalue weighted by molar-refractivity contribution is 1.39. The van der Waals surface area contributed by atoms with E-state index in [0.717, 1.165) is 0 Å². The highest BCUT2D eigenvalue weighted by Gasteiger charge is 2.11. The highest BCUT2D eigenvalue weighted by molar-refractivity contribution is 6.25. The van der Waals surface area contributed by atoms with Crippen molar-refractivity contribution in [2.24, 2.45) is 0 Å². The fraction of sp³-hybridized carbons (Fsp3) is 0.134. The van der Waals surface area contributed by atoms with Gasteiger partial charge in [0.25, 0.3) is 0 Å². The van der Waals surface area contributed by atoms with Crippen LogP contribution in [0.3, 0.4) is 0 Å². The molecule has 21 aromatic rings. The molecule has 0 aliphatic carbocycles. The number of benzene rings is 21. The molecule has 134 heavy (non-hydrogen) atoms. The second kappa shape index (κ2) is 47.1. The Bertz CT molecular complexity index is 7020. The lowest BCUT2D eigenvalue weighted by Gasteiger charge is -2.11. The van der Waals surface area contributed by atoms with Gasteiger partial charge in [-0.2, -0.15) is 0 Å². The molecule has 0 aromatic heterocycles. The van der Waals surface area contributed by atoms with Crippen LogP contribution in [0.25, 0.3) is 132 Å². The van der Waals surface area contributed by atoms with Crippen molar-refractivity contribution < 1.29 is 0 Å². The Morgan fingerprint density at radius 3 is 0.485 bits per heavy atom. The summed E-state index contributed by atoms with van der Waals surface area (Å²) in [5.74, 6) is 0. The Hall–Kier alpha value is -15.1. The fourth-order valence-corrected chi connectivity index (χ4v) is 16.7. The number of hydrogen-bond donors (Lipinski definition) is 0. The van der Waals surface area contributed by atoms with Gasteiger partial charge in [-0.3, -0.25) is 0 Å². The van der Waals surface area contributed by atoms with E-state index in [1.165, 1.54) is 232 Å². The summed E-state index contributed by atoms with van der Waals surface area (Å²) in [7, 11) is 0. The Labute approximate surface area is 799 Å². The van der Waals surface area contributed by atoms with E-state index in [4.69, 9.17) is 0 Å². The molecule has 0 bridgehead atoms. The molecule has 0 radical (unpaired) electrons. The molecule has 0 atom stereocenters. The molecular formula is C134H128. The van der Waals surface area contributed by atoms with E-state index in [9.17, 15) is 0 Å². The predicted molar refractivity (Wildman–Crippen MR) is 589 cm³/mol. The second-order valence-electron chi connectivity index (χ2n) is 36.2. The van der Waals surface area contributed by atoms with Crippen molar-refractivity contribution in [1.29, 1.82) is 0 Å². The average Bonchev–Trinajstić information content (AvgIpc) is 0.743. The predicted octanol–water partition coefficient (Wildman–Crippen LogP) is 38.2. The molecule has 21 rings (SSSR count). The number of hydrogen-bond acceptors (Lipinski definition) is 0. The van der Waals surface area contributed by atoms with Crippen LogP contribution in [0.15, 0.2) is 449 Å². The lowest BCUT2D eigenvalue weighted by atomic mass is 9.92. The molecule has 0 heteroatoms. The summed E-state index contributed by atoms with van der Waals surface area (Å²) in [6, 6.07) is 161. The van der Waals surface area contributed by atoms with Gasteiger partial charge >= 0.3 is 0 Å². The molecule has 0 fully saturated rings. The third-order valence-corrected chi connectivity index (χ3v) is 24.3. The van der Waals surface area contributed by atoms with Gasteiger partial charge < -0.3 is 0 Å². The molecule has 0 N–H and O–H groups in total. The van der Waals surface area contributed by atoms with E-state index in [1.54, 1.807) is 0 Å². The van der Waals surface area contributed by atoms with Gasteiger partial charge in [0.15, 0.2) is 0 Å². The van der Waals surface area contributed by atoms with Crippen molar-refractivity contribution in [3.63, 3.8) is 0 Å². The zero-order valence-electron chi connectivity index (χ0n) is 81.7.